The molecule has 2 heterocycles. The number of carbonyl (C=O) groups is 3. The minimum Gasteiger partial charge on any atom is -0.496 e. The molecule has 9 nitrogen and oxygen atoms in total. The SMILES string of the molecule is COC(=O)c1ncn2c1C(=O)N(Cc1ccc(F)cc1)[C@@](C)(C(=O)NCc1ccccc1OC)C2. The highest BCUT2D eigenvalue weighted by Gasteiger charge is 2.49. The smallest absolute Gasteiger partial charge is 0.359 e. The Bertz CT molecular complexity index is 1270. The second-order valence-corrected chi connectivity index (χ2v) is 8.35. The number of para-hydroxylation sites is 1. The van der Waals surface area contributed by atoms with Crippen molar-refractivity contribution in [3.8, 4) is 5.75 Å². The van der Waals surface area contributed by atoms with Crippen molar-refractivity contribution in [1.29, 1.82) is 0 Å². The van der Waals surface area contributed by atoms with Gasteiger partial charge in [0.25, 0.3) is 5.91 Å². The van der Waals surface area contributed by atoms with E-state index in [2.05, 4.69) is 10.3 Å². The van der Waals surface area contributed by atoms with Crippen molar-refractivity contribution in [3.63, 3.8) is 0 Å². The van der Waals surface area contributed by atoms with E-state index in [0.29, 0.717) is 11.3 Å². The molecule has 35 heavy (non-hydrogen) atoms. The van der Waals surface area contributed by atoms with Crippen LogP contribution in [0.15, 0.2) is 54.9 Å². The predicted octanol–water partition coefficient (Wildman–Crippen LogP) is 2.55. The van der Waals surface area contributed by atoms with Gasteiger partial charge in [0.15, 0.2) is 5.69 Å². The Labute approximate surface area is 201 Å². The Morgan fingerprint density at radius 3 is 2.54 bits per heavy atom. The molecule has 1 aromatic heterocycles. The van der Waals surface area contributed by atoms with Crippen LogP contribution >= 0.6 is 0 Å². The molecule has 0 saturated carbocycles. The van der Waals surface area contributed by atoms with Crippen LogP contribution in [0, 0.1) is 5.82 Å². The molecule has 2 amide bonds. The molecule has 0 radical (unpaired) electrons. The zero-order valence-corrected chi connectivity index (χ0v) is 19.6. The van der Waals surface area contributed by atoms with E-state index in [9.17, 15) is 18.8 Å². The quantitative estimate of drug-likeness (QED) is 0.522. The van der Waals surface area contributed by atoms with Gasteiger partial charge in [0, 0.05) is 18.7 Å². The summed E-state index contributed by atoms with van der Waals surface area (Å²) >= 11 is 0. The molecule has 0 spiro atoms. The third-order valence-corrected chi connectivity index (χ3v) is 6.11. The summed E-state index contributed by atoms with van der Waals surface area (Å²) in [6.07, 6.45) is 1.35. The number of hydrogen-bond donors (Lipinski definition) is 1. The molecule has 0 saturated heterocycles. The number of esters is 1. The van der Waals surface area contributed by atoms with Gasteiger partial charge in [0.05, 0.1) is 27.1 Å². The number of nitrogens with one attached hydrogen (secondary N) is 1. The molecule has 1 aliphatic rings. The molecule has 4 rings (SSSR count). The number of methoxy groups -OCH3 is 2. The standard InChI is InChI=1S/C25H25FN4O5/c1-25(24(33)27-12-17-6-4-5-7-19(17)34-2)14-29-15-28-20(23(32)35-3)21(29)22(31)30(25)13-16-8-10-18(26)11-9-16/h4-11,15H,12-14H2,1-3H3,(H,27,33)/t25-/m1/s1. The number of fused-ring (bicyclic) bond motifs is 1. The minimum absolute atomic E-state index is 0.0173. The van der Waals surface area contributed by atoms with E-state index in [-0.39, 0.29) is 31.0 Å². The lowest BCUT2D eigenvalue weighted by atomic mass is 9.93. The van der Waals surface area contributed by atoms with Gasteiger partial charge in [-0.25, -0.2) is 14.2 Å². The number of ether oxygens (including phenoxy) is 2. The number of aromatic nitrogens is 2. The second kappa shape index (κ2) is 9.57. The highest BCUT2D eigenvalue weighted by molar-refractivity contribution is 6.06. The van der Waals surface area contributed by atoms with Crippen LogP contribution in [0.5, 0.6) is 5.75 Å². The van der Waals surface area contributed by atoms with Crippen molar-refractivity contribution in [3.05, 3.63) is 83.2 Å². The number of imidazole rings is 1. The summed E-state index contributed by atoms with van der Waals surface area (Å²) in [5, 5.41) is 2.90. The maximum absolute atomic E-state index is 13.7. The molecule has 0 bridgehead atoms. The Morgan fingerprint density at radius 2 is 1.86 bits per heavy atom. The van der Waals surface area contributed by atoms with Gasteiger partial charge in [0.1, 0.15) is 22.8 Å². The third-order valence-electron chi connectivity index (χ3n) is 6.11. The first-order valence-corrected chi connectivity index (χ1v) is 10.9. The fourth-order valence-corrected chi connectivity index (χ4v) is 4.17. The molecular weight excluding hydrogens is 455 g/mol. The van der Waals surface area contributed by atoms with Crippen molar-refractivity contribution >= 4 is 17.8 Å². The van der Waals surface area contributed by atoms with Crippen LogP contribution < -0.4 is 10.1 Å². The minimum atomic E-state index is -1.34. The summed E-state index contributed by atoms with van der Waals surface area (Å²) in [7, 11) is 2.75. The molecule has 10 heteroatoms. The molecule has 0 aliphatic carbocycles. The lowest BCUT2D eigenvalue weighted by Crippen LogP contribution is -2.63. The summed E-state index contributed by atoms with van der Waals surface area (Å²) in [4.78, 5) is 44.9. The van der Waals surface area contributed by atoms with Crippen LogP contribution in [0.3, 0.4) is 0 Å². The number of benzene rings is 2. The van der Waals surface area contributed by atoms with Crippen LogP contribution in [-0.2, 0) is 29.2 Å². The van der Waals surface area contributed by atoms with Crippen molar-refractivity contribution in [2.24, 2.45) is 0 Å². The fraction of sp³-hybridized carbons (Fsp3) is 0.280. The zero-order chi connectivity index (χ0) is 25.2. The van der Waals surface area contributed by atoms with Crippen molar-refractivity contribution < 1.29 is 28.2 Å². The molecular formula is C25H25FN4O5. The van der Waals surface area contributed by atoms with Crippen LogP contribution in [0.2, 0.25) is 0 Å². The van der Waals surface area contributed by atoms with Gasteiger partial charge in [-0.15, -0.1) is 0 Å². The fourth-order valence-electron chi connectivity index (χ4n) is 4.17. The van der Waals surface area contributed by atoms with Crippen LogP contribution in [0.1, 0.15) is 39.0 Å². The second-order valence-electron chi connectivity index (χ2n) is 8.35. The third kappa shape index (κ3) is 4.46. The first-order valence-electron chi connectivity index (χ1n) is 10.9. The summed E-state index contributed by atoms with van der Waals surface area (Å²) < 4.78 is 25.1. The Hall–Kier alpha value is -4.21. The molecule has 1 aliphatic heterocycles. The van der Waals surface area contributed by atoms with Crippen LogP contribution in [0.4, 0.5) is 4.39 Å². The molecule has 3 aromatic rings. The number of halogens is 1. The van der Waals surface area contributed by atoms with E-state index < -0.39 is 29.1 Å². The van der Waals surface area contributed by atoms with Crippen molar-refractivity contribution in [1.82, 2.24) is 19.8 Å². The first-order chi connectivity index (χ1) is 16.8. The van der Waals surface area contributed by atoms with E-state index in [1.165, 1.54) is 35.0 Å². The molecule has 182 valence electrons. The van der Waals surface area contributed by atoms with Gasteiger partial charge in [-0.1, -0.05) is 30.3 Å². The first kappa shape index (κ1) is 23.9. The maximum Gasteiger partial charge on any atom is 0.359 e. The summed E-state index contributed by atoms with van der Waals surface area (Å²) in [6.45, 7) is 1.90. The average molecular weight is 480 g/mol. The molecule has 1 N–H and O–H groups in total. The topological polar surface area (TPSA) is 103 Å². The number of carbonyl (C=O) groups excluding carboxylic acids is 3. The summed E-state index contributed by atoms with van der Waals surface area (Å²) in [5.74, 6) is -1.51. The summed E-state index contributed by atoms with van der Waals surface area (Å²) in [6, 6.07) is 12.9. The van der Waals surface area contributed by atoms with Gasteiger partial charge in [-0.3, -0.25) is 9.59 Å². The van der Waals surface area contributed by atoms with Gasteiger partial charge < -0.3 is 24.3 Å². The van der Waals surface area contributed by atoms with Crippen molar-refractivity contribution in [2.75, 3.05) is 14.2 Å². The van der Waals surface area contributed by atoms with Gasteiger partial charge >= 0.3 is 5.97 Å². The number of rotatable bonds is 7. The van der Waals surface area contributed by atoms with E-state index in [0.717, 1.165) is 5.56 Å². The summed E-state index contributed by atoms with van der Waals surface area (Å²) in [5.41, 5.74) is -0.0345. The monoisotopic (exact) mass is 480 g/mol. The predicted molar refractivity (Wildman–Crippen MR) is 123 cm³/mol. The highest BCUT2D eigenvalue weighted by Crippen LogP contribution is 2.31. The van der Waals surface area contributed by atoms with Gasteiger partial charge in [0.2, 0.25) is 5.91 Å². The molecule has 0 unspecified atom stereocenters. The van der Waals surface area contributed by atoms with Gasteiger partial charge in [-0.2, -0.15) is 0 Å². The highest BCUT2D eigenvalue weighted by atomic mass is 19.1. The largest absolute Gasteiger partial charge is 0.496 e. The van der Waals surface area contributed by atoms with E-state index in [1.54, 1.807) is 32.2 Å². The molecule has 2 aromatic carbocycles. The van der Waals surface area contributed by atoms with Crippen molar-refractivity contribution in [2.45, 2.75) is 32.1 Å². The Morgan fingerprint density at radius 1 is 1.14 bits per heavy atom. The lowest BCUT2D eigenvalue weighted by Gasteiger charge is -2.43. The number of hydrogen-bond acceptors (Lipinski definition) is 6. The van der Waals surface area contributed by atoms with E-state index in [4.69, 9.17) is 9.47 Å². The van der Waals surface area contributed by atoms with E-state index >= 15 is 0 Å². The lowest BCUT2D eigenvalue weighted by molar-refractivity contribution is -0.133. The normalized spacial score (nSPS) is 17.0. The van der Waals surface area contributed by atoms with Crippen LogP contribution in [0.25, 0.3) is 0 Å². The Kier molecular flexibility index (Phi) is 6.54. The Balaban J connectivity index is 1.69. The number of amides is 2. The molecule has 0 fully saturated rings. The zero-order valence-electron chi connectivity index (χ0n) is 19.6. The van der Waals surface area contributed by atoms with Crippen LogP contribution in [-0.4, -0.2) is 52.0 Å². The van der Waals surface area contributed by atoms with Gasteiger partial charge in [-0.05, 0) is 30.7 Å². The van der Waals surface area contributed by atoms with E-state index in [1.807, 2.05) is 18.2 Å². The maximum atomic E-state index is 13.7. The average Bonchev–Trinajstić information content (AvgIpc) is 3.29. The molecule has 1 atom stereocenters. The number of nitrogens with zero attached hydrogens (tertiary/aromatic N) is 3.